The summed E-state index contributed by atoms with van der Waals surface area (Å²) in [6.45, 7) is 5.86. The van der Waals surface area contributed by atoms with Gasteiger partial charge in [-0.25, -0.2) is 13.1 Å². The Labute approximate surface area is 121 Å². The first-order chi connectivity index (χ1) is 9.26. The van der Waals surface area contributed by atoms with Crippen molar-refractivity contribution >= 4 is 15.7 Å². The number of sulfonamides is 1. The molecule has 1 aromatic carbocycles. The van der Waals surface area contributed by atoms with E-state index in [1.807, 2.05) is 20.8 Å². The molecule has 0 bridgehead atoms. The number of nitrogen functional groups attached to an aromatic ring is 1. The molecule has 0 saturated carbocycles. The van der Waals surface area contributed by atoms with E-state index >= 15 is 0 Å². The zero-order valence-electron chi connectivity index (χ0n) is 12.3. The maximum Gasteiger partial charge on any atom is 0.215 e. The second kappa shape index (κ2) is 6.95. The smallest absolute Gasteiger partial charge is 0.215 e. The Hall–Kier alpha value is -1.27. The molecule has 1 rings (SSSR count). The van der Waals surface area contributed by atoms with E-state index in [4.69, 9.17) is 10.5 Å². The monoisotopic (exact) mass is 300 g/mol. The highest BCUT2D eigenvalue weighted by atomic mass is 32.2. The number of ether oxygens (including phenoxy) is 1. The Morgan fingerprint density at radius 2 is 1.95 bits per heavy atom. The second-order valence-corrected chi connectivity index (χ2v) is 7.28. The van der Waals surface area contributed by atoms with Gasteiger partial charge in [0.05, 0.1) is 11.4 Å². The van der Waals surface area contributed by atoms with E-state index in [0.717, 1.165) is 12.8 Å². The van der Waals surface area contributed by atoms with Crippen molar-refractivity contribution < 1.29 is 13.2 Å². The van der Waals surface area contributed by atoms with Crippen molar-refractivity contribution in [1.82, 2.24) is 4.72 Å². The summed E-state index contributed by atoms with van der Waals surface area (Å²) in [5.74, 6) is 0.421. The fourth-order valence-corrected chi connectivity index (χ4v) is 3.37. The highest BCUT2D eigenvalue weighted by Crippen LogP contribution is 2.19. The summed E-state index contributed by atoms with van der Waals surface area (Å²) in [5, 5.41) is 0. The zero-order chi connectivity index (χ0) is 15.2. The number of benzene rings is 1. The molecule has 20 heavy (non-hydrogen) atoms. The lowest BCUT2D eigenvalue weighted by Crippen LogP contribution is -2.44. The fraction of sp³-hybridized carbons (Fsp3) is 0.571. The predicted octanol–water partition coefficient (Wildman–Crippen LogP) is 2.15. The van der Waals surface area contributed by atoms with E-state index < -0.39 is 15.6 Å². The van der Waals surface area contributed by atoms with Crippen molar-refractivity contribution in [3.8, 4) is 5.75 Å². The molecule has 0 fully saturated rings. The standard InChI is InChI=1S/C14H24N2O3S/c1-4-9-14(2,3)16-20(17,18)11-10-19-13-8-6-5-7-12(13)15/h5-8,16H,4,9-11,15H2,1-3H3. The third-order valence-corrected chi connectivity index (χ3v) is 4.40. The summed E-state index contributed by atoms with van der Waals surface area (Å²) in [6, 6.07) is 7.03. The van der Waals surface area contributed by atoms with Crippen molar-refractivity contribution in [1.29, 1.82) is 0 Å². The molecule has 0 saturated heterocycles. The van der Waals surface area contributed by atoms with Crippen LogP contribution in [-0.4, -0.2) is 26.3 Å². The van der Waals surface area contributed by atoms with Crippen LogP contribution in [0.4, 0.5) is 5.69 Å². The minimum Gasteiger partial charge on any atom is -0.490 e. The first-order valence-electron chi connectivity index (χ1n) is 6.75. The molecule has 3 N–H and O–H groups in total. The molecule has 0 radical (unpaired) electrons. The molecule has 0 aromatic heterocycles. The summed E-state index contributed by atoms with van der Waals surface area (Å²) in [6.07, 6.45) is 1.71. The predicted molar refractivity (Wildman–Crippen MR) is 82.3 cm³/mol. The SMILES string of the molecule is CCCC(C)(C)NS(=O)(=O)CCOc1ccccc1N. The van der Waals surface area contributed by atoms with Crippen LogP contribution in [0, 0.1) is 0 Å². The van der Waals surface area contributed by atoms with Crippen LogP contribution in [0.15, 0.2) is 24.3 Å². The van der Waals surface area contributed by atoms with Gasteiger partial charge in [0.2, 0.25) is 10.0 Å². The van der Waals surface area contributed by atoms with Crippen LogP contribution in [0.5, 0.6) is 5.75 Å². The Morgan fingerprint density at radius 1 is 1.30 bits per heavy atom. The van der Waals surface area contributed by atoms with Crippen LogP contribution >= 0.6 is 0 Å². The lowest BCUT2D eigenvalue weighted by atomic mass is 10.0. The van der Waals surface area contributed by atoms with E-state index in [-0.39, 0.29) is 12.4 Å². The first-order valence-corrected chi connectivity index (χ1v) is 8.40. The molecule has 0 aliphatic rings. The molecule has 114 valence electrons. The molecule has 0 unspecified atom stereocenters. The minimum absolute atomic E-state index is 0.0752. The van der Waals surface area contributed by atoms with Crippen molar-refractivity contribution in [3.63, 3.8) is 0 Å². The molecule has 0 heterocycles. The van der Waals surface area contributed by atoms with Gasteiger partial charge in [-0.2, -0.15) is 0 Å². The molecular weight excluding hydrogens is 276 g/mol. The molecule has 0 aliphatic carbocycles. The van der Waals surface area contributed by atoms with Crippen LogP contribution in [0.3, 0.4) is 0 Å². The number of nitrogens with one attached hydrogen (secondary N) is 1. The number of para-hydroxylation sites is 2. The summed E-state index contributed by atoms with van der Waals surface area (Å²) in [7, 11) is -3.36. The van der Waals surface area contributed by atoms with Crippen LogP contribution < -0.4 is 15.2 Å². The third kappa shape index (κ3) is 5.79. The van der Waals surface area contributed by atoms with Crippen molar-refractivity contribution in [2.45, 2.75) is 39.2 Å². The van der Waals surface area contributed by atoms with E-state index in [9.17, 15) is 8.42 Å². The zero-order valence-corrected chi connectivity index (χ0v) is 13.2. The van der Waals surface area contributed by atoms with Crippen molar-refractivity contribution in [2.24, 2.45) is 0 Å². The Bertz CT molecular complexity index is 527. The summed E-state index contributed by atoms with van der Waals surface area (Å²) in [5.41, 5.74) is 5.79. The summed E-state index contributed by atoms with van der Waals surface area (Å²) >= 11 is 0. The average Bonchev–Trinajstić information content (AvgIpc) is 2.29. The van der Waals surface area contributed by atoms with Crippen LogP contribution in [0.1, 0.15) is 33.6 Å². The molecule has 5 nitrogen and oxygen atoms in total. The highest BCUT2D eigenvalue weighted by Gasteiger charge is 2.23. The van der Waals surface area contributed by atoms with Gasteiger partial charge in [-0.15, -0.1) is 0 Å². The molecule has 6 heteroatoms. The van der Waals surface area contributed by atoms with Gasteiger partial charge in [-0.1, -0.05) is 25.5 Å². The molecule has 0 atom stereocenters. The first kappa shape index (κ1) is 16.8. The summed E-state index contributed by atoms with van der Waals surface area (Å²) < 4.78 is 32.0. The lowest BCUT2D eigenvalue weighted by Gasteiger charge is -2.25. The lowest BCUT2D eigenvalue weighted by molar-refractivity contribution is 0.340. The number of hydrogen-bond acceptors (Lipinski definition) is 4. The van der Waals surface area contributed by atoms with Crippen molar-refractivity contribution in [3.05, 3.63) is 24.3 Å². The van der Waals surface area contributed by atoms with E-state index in [1.165, 1.54) is 0 Å². The second-order valence-electron chi connectivity index (χ2n) is 5.44. The summed E-state index contributed by atoms with van der Waals surface area (Å²) in [4.78, 5) is 0. The van der Waals surface area contributed by atoms with E-state index in [2.05, 4.69) is 4.72 Å². The topological polar surface area (TPSA) is 81.4 Å². The molecule has 1 aromatic rings. The highest BCUT2D eigenvalue weighted by molar-refractivity contribution is 7.89. The molecule has 0 aliphatic heterocycles. The molecule has 0 spiro atoms. The maximum absolute atomic E-state index is 12.0. The van der Waals surface area contributed by atoms with Crippen molar-refractivity contribution in [2.75, 3.05) is 18.1 Å². The third-order valence-electron chi connectivity index (χ3n) is 2.84. The number of rotatable bonds is 8. The normalized spacial score (nSPS) is 12.3. The number of hydrogen-bond donors (Lipinski definition) is 2. The van der Waals surface area contributed by atoms with Crippen LogP contribution in [0.25, 0.3) is 0 Å². The van der Waals surface area contributed by atoms with Gasteiger partial charge < -0.3 is 10.5 Å². The van der Waals surface area contributed by atoms with Crippen LogP contribution in [-0.2, 0) is 10.0 Å². The number of anilines is 1. The van der Waals surface area contributed by atoms with E-state index in [0.29, 0.717) is 11.4 Å². The maximum atomic E-state index is 12.0. The Kier molecular flexibility index (Phi) is 5.83. The number of nitrogens with two attached hydrogens (primary N) is 1. The van der Waals surface area contributed by atoms with Gasteiger partial charge in [0.1, 0.15) is 12.4 Å². The van der Waals surface area contributed by atoms with Gasteiger partial charge >= 0.3 is 0 Å². The van der Waals surface area contributed by atoms with Gasteiger partial charge in [0.15, 0.2) is 0 Å². The fourth-order valence-electron chi connectivity index (χ4n) is 2.02. The Morgan fingerprint density at radius 3 is 2.55 bits per heavy atom. The largest absolute Gasteiger partial charge is 0.490 e. The molecular formula is C14H24N2O3S. The Balaban J connectivity index is 2.50. The van der Waals surface area contributed by atoms with Gasteiger partial charge in [-0.3, -0.25) is 0 Å². The van der Waals surface area contributed by atoms with E-state index in [1.54, 1.807) is 24.3 Å². The quantitative estimate of drug-likeness (QED) is 0.721. The van der Waals surface area contributed by atoms with Gasteiger partial charge in [-0.05, 0) is 32.4 Å². The molecule has 0 amide bonds. The van der Waals surface area contributed by atoms with Gasteiger partial charge in [0, 0.05) is 5.54 Å². The van der Waals surface area contributed by atoms with Crippen LogP contribution in [0.2, 0.25) is 0 Å². The average molecular weight is 300 g/mol. The minimum atomic E-state index is -3.36. The van der Waals surface area contributed by atoms with Gasteiger partial charge in [0.25, 0.3) is 0 Å².